The molecule has 2 nitrogen and oxygen atoms in total. The molecule has 1 rings (SSSR count). The van der Waals surface area contributed by atoms with Gasteiger partial charge in [-0.1, -0.05) is 18.7 Å². The predicted molar refractivity (Wildman–Crippen MR) is 52.6 cm³/mol. The Morgan fingerprint density at radius 3 is 2.69 bits per heavy atom. The molecular weight excluding hydrogens is 184 g/mol. The largest absolute Gasteiger partial charge is 1.00 e. The van der Waals surface area contributed by atoms with Gasteiger partial charge in [0.2, 0.25) is 0 Å². The number of amidine groups is 1. The van der Waals surface area contributed by atoms with Crippen molar-refractivity contribution >= 4 is 5.84 Å². The SMILES string of the molecule is C=CCC1=[N+](C)CCN1CC=C.[Cl-]. The molecule has 0 aromatic carbocycles. The number of rotatable bonds is 4. The molecule has 0 aromatic rings. The maximum atomic E-state index is 3.75. The van der Waals surface area contributed by atoms with Crippen molar-refractivity contribution in [3.8, 4) is 0 Å². The van der Waals surface area contributed by atoms with Crippen molar-refractivity contribution in [3.05, 3.63) is 25.3 Å². The molecule has 0 atom stereocenters. The first kappa shape index (κ1) is 12.2. The zero-order chi connectivity index (χ0) is 8.97. The van der Waals surface area contributed by atoms with Crippen LogP contribution in [-0.2, 0) is 0 Å². The number of hydrogen-bond donors (Lipinski definition) is 0. The molecule has 0 bridgehead atoms. The van der Waals surface area contributed by atoms with Gasteiger partial charge < -0.3 is 12.4 Å². The van der Waals surface area contributed by atoms with Gasteiger partial charge in [0.1, 0.15) is 19.6 Å². The fourth-order valence-corrected chi connectivity index (χ4v) is 1.54. The molecule has 0 spiro atoms. The summed E-state index contributed by atoms with van der Waals surface area (Å²) in [5, 5.41) is 0. The quantitative estimate of drug-likeness (QED) is 0.380. The molecule has 1 aliphatic heterocycles. The molecule has 0 radical (unpaired) electrons. The molecule has 0 saturated carbocycles. The lowest BCUT2D eigenvalue weighted by atomic mass is 10.3. The van der Waals surface area contributed by atoms with Crippen LogP contribution in [0.3, 0.4) is 0 Å². The monoisotopic (exact) mass is 200 g/mol. The Morgan fingerprint density at radius 1 is 1.46 bits per heavy atom. The highest BCUT2D eigenvalue weighted by Crippen LogP contribution is 2.03. The highest BCUT2D eigenvalue weighted by atomic mass is 35.5. The Bertz CT molecular complexity index is 221. The van der Waals surface area contributed by atoms with Gasteiger partial charge in [-0.2, -0.15) is 0 Å². The minimum Gasteiger partial charge on any atom is -1.00 e. The van der Waals surface area contributed by atoms with Crippen molar-refractivity contribution in [1.82, 2.24) is 4.90 Å². The summed E-state index contributed by atoms with van der Waals surface area (Å²) in [6.45, 7) is 10.7. The maximum Gasteiger partial charge on any atom is 0.250 e. The highest BCUT2D eigenvalue weighted by Gasteiger charge is 2.25. The van der Waals surface area contributed by atoms with Gasteiger partial charge in [0.15, 0.2) is 0 Å². The van der Waals surface area contributed by atoms with Gasteiger partial charge in [0.25, 0.3) is 5.84 Å². The van der Waals surface area contributed by atoms with E-state index in [1.807, 2.05) is 12.2 Å². The van der Waals surface area contributed by atoms with E-state index in [1.54, 1.807) is 0 Å². The fourth-order valence-electron chi connectivity index (χ4n) is 1.54. The highest BCUT2D eigenvalue weighted by molar-refractivity contribution is 5.79. The van der Waals surface area contributed by atoms with Gasteiger partial charge >= 0.3 is 0 Å². The molecule has 0 unspecified atom stereocenters. The lowest BCUT2D eigenvalue weighted by Gasteiger charge is -2.08. The minimum atomic E-state index is 0. The van der Waals surface area contributed by atoms with Gasteiger partial charge in [-0.25, -0.2) is 0 Å². The van der Waals surface area contributed by atoms with Crippen molar-refractivity contribution in [1.29, 1.82) is 0 Å². The Kier molecular flexibility index (Phi) is 5.47. The number of hydrogen-bond acceptors (Lipinski definition) is 1. The van der Waals surface area contributed by atoms with E-state index in [0.717, 1.165) is 26.1 Å². The first-order chi connectivity index (χ1) is 5.79. The molecule has 0 fully saturated rings. The third-order valence-corrected chi connectivity index (χ3v) is 2.19. The van der Waals surface area contributed by atoms with E-state index in [4.69, 9.17) is 0 Å². The summed E-state index contributed by atoms with van der Waals surface area (Å²) >= 11 is 0. The first-order valence-corrected chi connectivity index (χ1v) is 4.33. The van der Waals surface area contributed by atoms with E-state index in [9.17, 15) is 0 Å². The Morgan fingerprint density at radius 2 is 2.15 bits per heavy atom. The summed E-state index contributed by atoms with van der Waals surface area (Å²) in [5.74, 6) is 1.37. The van der Waals surface area contributed by atoms with Crippen molar-refractivity contribution in [3.63, 3.8) is 0 Å². The van der Waals surface area contributed by atoms with Crippen LogP contribution < -0.4 is 12.4 Å². The Labute approximate surface area is 86.7 Å². The fraction of sp³-hybridized carbons (Fsp3) is 0.500. The zero-order valence-electron chi connectivity index (χ0n) is 8.17. The van der Waals surface area contributed by atoms with Gasteiger partial charge in [-0.3, -0.25) is 9.48 Å². The second kappa shape index (κ2) is 5.81. The summed E-state index contributed by atoms with van der Waals surface area (Å²) in [4.78, 5) is 2.34. The molecule has 1 aliphatic rings. The molecule has 74 valence electrons. The first-order valence-electron chi connectivity index (χ1n) is 4.33. The lowest BCUT2D eigenvalue weighted by Crippen LogP contribution is -3.00. The number of halogens is 1. The summed E-state index contributed by atoms with van der Waals surface area (Å²) in [6, 6.07) is 0. The smallest absolute Gasteiger partial charge is 0.250 e. The third kappa shape index (κ3) is 2.88. The van der Waals surface area contributed by atoms with Gasteiger partial charge in [0.05, 0.1) is 13.5 Å². The average Bonchev–Trinajstić information content (AvgIpc) is 2.37. The van der Waals surface area contributed by atoms with Crippen molar-refractivity contribution in [2.75, 3.05) is 26.7 Å². The molecule has 13 heavy (non-hydrogen) atoms. The van der Waals surface area contributed by atoms with Gasteiger partial charge in [0, 0.05) is 0 Å². The minimum absolute atomic E-state index is 0. The molecule has 0 N–H and O–H groups in total. The third-order valence-electron chi connectivity index (χ3n) is 2.19. The molecule has 1 heterocycles. The Hall–Kier alpha value is -0.760. The molecule has 0 aliphatic carbocycles. The van der Waals surface area contributed by atoms with Gasteiger partial charge in [-0.15, -0.1) is 6.58 Å². The summed E-state index contributed by atoms with van der Waals surface area (Å²) < 4.78 is 2.28. The summed E-state index contributed by atoms with van der Waals surface area (Å²) in [6.07, 6.45) is 4.86. The second-order valence-electron chi connectivity index (χ2n) is 3.07. The average molecular weight is 201 g/mol. The van der Waals surface area contributed by atoms with E-state index in [-0.39, 0.29) is 12.4 Å². The van der Waals surface area contributed by atoms with Crippen LogP contribution in [-0.4, -0.2) is 42.0 Å². The standard InChI is InChI=1S/C10H17N2.ClH/c1-4-6-10-11(3)8-9-12(10)7-5-2;/h4-5H,1-2,6-9H2,3H3;1H/q+1;/p-1. The van der Waals surface area contributed by atoms with Crippen LogP contribution in [0.15, 0.2) is 25.3 Å². The van der Waals surface area contributed by atoms with Crippen LogP contribution in [0.1, 0.15) is 6.42 Å². The predicted octanol–water partition coefficient (Wildman–Crippen LogP) is -1.89. The number of nitrogens with zero attached hydrogens (tertiary/aromatic N) is 2. The Balaban J connectivity index is 0.00000144. The molecular formula is C10H17ClN2. The normalized spacial score (nSPS) is 15.6. The van der Waals surface area contributed by atoms with E-state index < -0.39 is 0 Å². The number of likely N-dealkylation sites (N-methyl/N-ethyl adjacent to an activating group) is 1. The molecule has 3 heteroatoms. The van der Waals surface area contributed by atoms with Crippen molar-refractivity contribution in [2.45, 2.75) is 6.42 Å². The van der Waals surface area contributed by atoms with E-state index in [0.29, 0.717) is 0 Å². The molecule has 0 aromatic heterocycles. The second-order valence-corrected chi connectivity index (χ2v) is 3.07. The van der Waals surface area contributed by atoms with Crippen LogP contribution in [0.2, 0.25) is 0 Å². The molecule has 0 amide bonds. The van der Waals surface area contributed by atoms with Crippen molar-refractivity contribution in [2.24, 2.45) is 0 Å². The van der Waals surface area contributed by atoms with Crippen LogP contribution in [0.5, 0.6) is 0 Å². The lowest BCUT2D eigenvalue weighted by molar-refractivity contribution is -0.487. The van der Waals surface area contributed by atoms with Crippen LogP contribution in [0.4, 0.5) is 0 Å². The van der Waals surface area contributed by atoms with Crippen molar-refractivity contribution < 1.29 is 17.0 Å². The van der Waals surface area contributed by atoms with Crippen LogP contribution >= 0.6 is 0 Å². The van der Waals surface area contributed by atoms with Crippen LogP contribution in [0.25, 0.3) is 0 Å². The summed E-state index contributed by atoms with van der Waals surface area (Å²) in [5.41, 5.74) is 0. The van der Waals surface area contributed by atoms with E-state index >= 15 is 0 Å². The zero-order valence-corrected chi connectivity index (χ0v) is 8.93. The van der Waals surface area contributed by atoms with Crippen LogP contribution in [0, 0.1) is 0 Å². The van der Waals surface area contributed by atoms with Gasteiger partial charge in [-0.05, 0) is 0 Å². The van der Waals surface area contributed by atoms with E-state index in [2.05, 4.69) is 29.7 Å². The maximum absolute atomic E-state index is 3.75. The van der Waals surface area contributed by atoms with E-state index in [1.165, 1.54) is 5.84 Å². The topological polar surface area (TPSA) is 6.25 Å². The summed E-state index contributed by atoms with van der Waals surface area (Å²) in [7, 11) is 2.13. The molecule has 0 saturated heterocycles.